The van der Waals surface area contributed by atoms with Crippen molar-refractivity contribution >= 4 is 11.9 Å². The molecule has 16 heavy (non-hydrogen) atoms. The average molecular weight is 230 g/mol. The first-order valence-corrected chi connectivity index (χ1v) is 5.54. The van der Waals surface area contributed by atoms with Crippen molar-refractivity contribution in [3.8, 4) is 0 Å². The molecule has 94 valence electrons. The highest BCUT2D eigenvalue weighted by Crippen LogP contribution is 1.98. The summed E-state index contributed by atoms with van der Waals surface area (Å²) in [6.07, 6.45) is 0.763. The van der Waals surface area contributed by atoms with Crippen LogP contribution in [0.4, 0.5) is 0 Å². The minimum atomic E-state index is -1.05. The van der Waals surface area contributed by atoms with E-state index in [1.165, 1.54) is 0 Å². The van der Waals surface area contributed by atoms with Crippen molar-refractivity contribution in [2.75, 3.05) is 33.7 Å². The van der Waals surface area contributed by atoms with Crippen molar-refractivity contribution in [2.24, 2.45) is 5.92 Å². The number of carbonyl (C=O) groups excluding carboxylic acids is 2. The first-order chi connectivity index (χ1) is 7.24. The van der Waals surface area contributed by atoms with Crippen LogP contribution in [0.3, 0.4) is 0 Å². The third kappa shape index (κ3) is 7.23. The Balaban J connectivity index is 3.73. The predicted octanol–water partition coefficient (Wildman–Crippen LogP) is -1.02. The number of likely N-dealkylation sites (N-methyl/N-ethyl adjacent to an activating group) is 1. The Hall–Kier alpha value is -1.10. The van der Waals surface area contributed by atoms with E-state index >= 15 is 0 Å². The molecule has 0 aliphatic rings. The molecule has 0 spiro atoms. The van der Waals surface area contributed by atoms with Crippen LogP contribution in [0.15, 0.2) is 0 Å². The summed E-state index contributed by atoms with van der Waals surface area (Å²) in [6.45, 7) is 4.97. The fourth-order valence-electron chi connectivity index (χ4n) is 1.35. The molecule has 1 N–H and O–H groups in total. The number of quaternary nitrogens is 1. The number of amides is 1. The molecule has 0 aromatic carbocycles. The van der Waals surface area contributed by atoms with Crippen molar-refractivity contribution in [3.05, 3.63) is 0 Å². The Bertz CT molecular complexity index is 250. The van der Waals surface area contributed by atoms with Gasteiger partial charge in [-0.05, 0) is 0 Å². The summed E-state index contributed by atoms with van der Waals surface area (Å²) in [6, 6.07) is 0. The summed E-state index contributed by atoms with van der Waals surface area (Å²) >= 11 is 0. The lowest BCUT2D eigenvalue weighted by Gasteiger charge is -2.30. The smallest absolute Gasteiger partial charge is 0.222 e. The summed E-state index contributed by atoms with van der Waals surface area (Å²) in [7, 11) is 3.67. The average Bonchev–Trinajstić information content (AvgIpc) is 2.09. The first-order valence-electron chi connectivity index (χ1n) is 5.54. The Kier molecular flexibility index (Phi) is 6.03. The number of carbonyl (C=O) groups is 2. The molecule has 0 saturated heterocycles. The normalized spacial score (nSPS) is 11.6. The zero-order chi connectivity index (χ0) is 12.8. The predicted molar refractivity (Wildman–Crippen MR) is 59.3 cm³/mol. The molecular weight excluding hydrogens is 208 g/mol. The summed E-state index contributed by atoms with van der Waals surface area (Å²) < 4.78 is 0.375. The van der Waals surface area contributed by atoms with Crippen molar-refractivity contribution < 1.29 is 19.2 Å². The molecule has 5 heteroatoms. The van der Waals surface area contributed by atoms with E-state index in [-0.39, 0.29) is 18.4 Å². The van der Waals surface area contributed by atoms with Gasteiger partial charge in [0.1, 0.15) is 6.54 Å². The number of nitrogens with one attached hydrogen (secondary N) is 1. The van der Waals surface area contributed by atoms with Crippen LogP contribution in [0.5, 0.6) is 0 Å². The number of carboxylic acids is 1. The van der Waals surface area contributed by atoms with Gasteiger partial charge >= 0.3 is 0 Å². The molecule has 5 nitrogen and oxygen atoms in total. The van der Waals surface area contributed by atoms with Crippen molar-refractivity contribution in [1.29, 1.82) is 0 Å². The first kappa shape index (κ1) is 14.9. The van der Waals surface area contributed by atoms with E-state index in [2.05, 4.69) is 5.32 Å². The summed E-state index contributed by atoms with van der Waals surface area (Å²) in [5.74, 6) is -1.02. The van der Waals surface area contributed by atoms with Gasteiger partial charge in [-0.1, -0.05) is 13.8 Å². The summed E-state index contributed by atoms with van der Waals surface area (Å²) in [5, 5.41) is 13.2. The topological polar surface area (TPSA) is 69.2 Å². The number of hydrogen-bond donors (Lipinski definition) is 1. The SMILES string of the molecule is CC(C)C(=O)NCCC[N+](C)(C)CC(=O)[O-]. The molecule has 0 unspecified atom stereocenters. The van der Waals surface area contributed by atoms with Gasteiger partial charge in [-0.15, -0.1) is 0 Å². The molecule has 0 radical (unpaired) electrons. The number of carboxylic acid groups (broad SMARTS) is 1. The van der Waals surface area contributed by atoms with Gasteiger partial charge < -0.3 is 19.7 Å². The molecule has 0 aromatic rings. The number of aliphatic carboxylic acids is 1. The van der Waals surface area contributed by atoms with Gasteiger partial charge in [0.2, 0.25) is 5.91 Å². The standard InChI is InChI=1S/C11H22N2O3/c1-9(2)11(16)12-6-5-7-13(3,4)8-10(14)15/h9H,5-8H2,1-4H3,(H-,12,14,15,16). The zero-order valence-corrected chi connectivity index (χ0v) is 10.6. The van der Waals surface area contributed by atoms with Gasteiger partial charge in [0.05, 0.1) is 26.6 Å². The number of nitrogens with zero attached hydrogens (tertiary/aromatic N) is 1. The van der Waals surface area contributed by atoms with Crippen LogP contribution in [0.2, 0.25) is 0 Å². The van der Waals surface area contributed by atoms with Crippen LogP contribution in [0.1, 0.15) is 20.3 Å². The monoisotopic (exact) mass is 230 g/mol. The number of rotatable bonds is 7. The minimum Gasteiger partial charge on any atom is -0.544 e. The van der Waals surface area contributed by atoms with Gasteiger partial charge in [-0.3, -0.25) is 4.79 Å². The maximum Gasteiger partial charge on any atom is 0.222 e. The third-order valence-electron chi connectivity index (χ3n) is 2.32. The van der Waals surface area contributed by atoms with Gasteiger partial charge in [0.25, 0.3) is 0 Å². The van der Waals surface area contributed by atoms with Crippen LogP contribution in [-0.4, -0.2) is 50.1 Å². The molecule has 0 atom stereocenters. The molecule has 0 saturated carbocycles. The molecule has 0 aliphatic heterocycles. The largest absolute Gasteiger partial charge is 0.544 e. The lowest BCUT2D eigenvalue weighted by atomic mass is 10.2. The van der Waals surface area contributed by atoms with Gasteiger partial charge in [-0.2, -0.15) is 0 Å². The van der Waals surface area contributed by atoms with Crippen molar-refractivity contribution in [1.82, 2.24) is 5.32 Å². The maximum absolute atomic E-state index is 11.2. The van der Waals surface area contributed by atoms with E-state index in [0.717, 1.165) is 6.42 Å². The molecule has 0 heterocycles. The van der Waals surface area contributed by atoms with Crippen LogP contribution < -0.4 is 10.4 Å². The molecule has 0 bridgehead atoms. The number of hydrogen-bond acceptors (Lipinski definition) is 3. The quantitative estimate of drug-likeness (QED) is 0.449. The second-order valence-corrected chi connectivity index (χ2v) is 4.99. The van der Waals surface area contributed by atoms with Crippen molar-refractivity contribution in [3.63, 3.8) is 0 Å². The summed E-state index contributed by atoms with van der Waals surface area (Å²) in [4.78, 5) is 21.7. The van der Waals surface area contributed by atoms with Gasteiger partial charge in [0.15, 0.2) is 0 Å². The Labute approximate surface area is 97.0 Å². The van der Waals surface area contributed by atoms with Crippen molar-refractivity contribution in [2.45, 2.75) is 20.3 Å². The van der Waals surface area contributed by atoms with Crippen LogP contribution in [-0.2, 0) is 9.59 Å². The van der Waals surface area contributed by atoms with E-state index in [9.17, 15) is 14.7 Å². The molecule has 0 fully saturated rings. The third-order valence-corrected chi connectivity index (χ3v) is 2.32. The fraction of sp³-hybridized carbons (Fsp3) is 0.818. The summed E-state index contributed by atoms with van der Waals surface area (Å²) in [5.41, 5.74) is 0. The lowest BCUT2D eigenvalue weighted by Crippen LogP contribution is -2.49. The highest BCUT2D eigenvalue weighted by Gasteiger charge is 2.14. The molecule has 0 aliphatic carbocycles. The van der Waals surface area contributed by atoms with E-state index < -0.39 is 5.97 Å². The van der Waals surface area contributed by atoms with E-state index in [0.29, 0.717) is 17.6 Å². The second-order valence-electron chi connectivity index (χ2n) is 4.99. The van der Waals surface area contributed by atoms with Crippen LogP contribution in [0.25, 0.3) is 0 Å². The Morgan fingerprint density at radius 3 is 2.31 bits per heavy atom. The van der Waals surface area contributed by atoms with E-state index in [1.807, 2.05) is 27.9 Å². The fourth-order valence-corrected chi connectivity index (χ4v) is 1.35. The Morgan fingerprint density at radius 2 is 1.88 bits per heavy atom. The molecular formula is C11H22N2O3. The molecule has 0 rings (SSSR count). The zero-order valence-electron chi connectivity index (χ0n) is 10.6. The molecule has 1 amide bonds. The highest BCUT2D eigenvalue weighted by molar-refractivity contribution is 5.77. The van der Waals surface area contributed by atoms with Crippen LogP contribution in [0, 0.1) is 5.92 Å². The second kappa shape index (κ2) is 6.48. The maximum atomic E-state index is 11.2. The Morgan fingerprint density at radius 1 is 1.31 bits per heavy atom. The van der Waals surface area contributed by atoms with Crippen LogP contribution >= 0.6 is 0 Å². The van der Waals surface area contributed by atoms with E-state index in [1.54, 1.807) is 0 Å². The lowest BCUT2D eigenvalue weighted by molar-refractivity contribution is -0.884. The minimum absolute atomic E-state index is 0.00186. The highest BCUT2D eigenvalue weighted by atomic mass is 16.4. The van der Waals surface area contributed by atoms with Gasteiger partial charge in [0, 0.05) is 18.9 Å². The van der Waals surface area contributed by atoms with E-state index in [4.69, 9.17) is 0 Å². The molecule has 0 aromatic heterocycles. The van der Waals surface area contributed by atoms with Gasteiger partial charge in [-0.25, -0.2) is 0 Å².